The summed E-state index contributed by atoms with van der Waals surface area (Å²) >= 11 is 0. The first kappa shape index (κ1) is 29.1. The predicted octanol–water partition coefficient (Wildman–Crippen LogP) is 7.00. The quantitative estimate of drug-likeness (QED) is 0.220. The largest absolute Gasteiger partial charge is 0.379 e. The summed E-state index contributed by atoms with van der Waals surface area (Å²) in [5.74, 6) is 5.79. The van der Waals surface area contributed by atoms with Gasteiger partial charge in [0.15, 0.2) is 0 Å². The van der Waals surface area contributed by atoms with Crippen molar-refractivity contribution in [3.05, 3.63) is 77.8 Å². The van der Waals surface area contributed by atoms with E-state index in [-0.39, 0.29) is 11.5 Å². The van der Waals surface area contributed by atoms with E-state index in [1.807, 2.05) is 54.2 Å². The van der Waals surface area contributed by atoms with E-state index in [0.29, 0.717) is 12.3 Å². The Labute approximate surface area is 217 Å². The second-order valence-corrected chi connectivity index (χ2v) is 9.31. The minimum absolute atomic E-state index is 0.00361. The first-order valence-electron chi connectivity index (χ1n) is 12.8. The summed E-state index contributed by atoms with van der Waals surface area (Å²) in [5.41, 5.74) is 4.66. The molecular weight excluding hydrogens is 449 g/mol. The van der Waals surface area contributed by atoms with E-state index in [1.54, 1.807) is 19.1 Å². The van der Waals surface area contributed by atoms with Crippen molar-refractivity contribution in [1.82, 2.24) is 14.7 Å². The summed E-state index contributed by atoms with van der Waals surface area (Å²) in [7, 11) is 3.72. The van der Waals surface area contributed by atoms with E-state index in [0.717, 1.165) is 42.6 Å². The van der Waals surface area contributed by atoms with E-state index in [4.69, 9.17) is 4.74 Å². The molecule has 1 unspecified atom stereocenters. The van der Waals surface area contributed by atoms with Crippen LogP contribution in [0.2, 0.25) is 0 Å². The van der Waals surface area contributed by atoms with Gasteiger partial charge in [0.05, 0.1) is 30.3 Å². The van der Waals surface area contributed by atoms with Gasteiger partial charge in [0.1, 0.15) is 6.67 Å². The van der Waals surface area contributed by atoms with Gasteiger partial charge in [-0.2, -0.15) is 5.10 Å². The van der Waals surface area contributed by atoms with Gasteiger partial charge in [-0.05, 0) is 63.0 Å². The molecule has 194 valence electrons. The molecule has 0 aromatic carbocycles. The third-order valence-electron chi connectivity index (χ3n) is 6.74. The number of fused-ring (bicyclic) bond motifs is 1. The first-order chi connectivity index (χ1) is 17.4. The number of nitrogens with zero attached hydrogens (tertiary/aromatic N) is 3. The Balaban J connectivity index is 2.36. The molecule has 2 rings (SSSR count). The lowest BCUT2D eigenvalue weighted by Gasteiger charge is -2.40. The molecule has 0 radical (unpaired) electrons. The zero-order valence-electron chi connectivity index (χ0n) is 22.9. The Bertz CT molecular complexity index is 1090. The van der Waals surface area contributed by atoms with Crippen LogP contribution in [0.25, 0.3) is 11.8 Å². The Morgan fingerprint density at radius 2 is 2.14 bits per heavy atom. The van der Waals surface area contributed by atoms with Crippen LogP contribution in [-0.2, 0) is 11.2 Å². The highest BCUT2D eigenvalue weighted by atomic mass is 19.1. The molecule has 5 heteroatoms. The van der Waals surface area contributed by atoms with Crippen molar-refractivity contribution >= 4 is 11.8 Å². The van der Waals surface area contributed by atoms with Crippen LogP contribution in [0.3, 0.4) is 0 Å². The number of halogens is 1. The van der Waals surface area contributed by atoms with Crippen molar-refractivity contribution in [2.45, 2.75) is 59.5 Å². The molecule has 0 bridgehead atoms. The molecule has 0 N–H and O–H groups in total. The fourth-order valence-electron chi connectivity index (χ4n) is 4.62. The fraction of sp³-hybridized carbons (Fsp3) is 0.452. The Kier molecular flexibility index (Phi) is 11.7. The molecule has 1 aliphatic rings. The van der Waals surface area contributed by atoms with Crippen LogP contribution >= 0.6 is 0 Å². The van der Waals surface area contributed by atoms with Gasteiger partial charge < -0.3 is 9.64 Å². The summed E-state index contributed by atoms with van der Waals surface area (Å²) in [6.45, 7) is 11.7. The van der Waals surface area contributed by atoms with Crippen LogP contribution in [0.4, 0.5) is 4.39 Å². The van der Waals surface area contributed by atoms with E-state index in [1.165, 1.54) is 5.56 Å². The lowest BCUT2D eigenvalue weighted by atomic mass is 9.70. The molecular formula is C31H42FN3O. The van der Waals surface area contributed by atoms with Gasteiger partial charge in [-0.15, -0.1) is 5.92 Å². The maximum atomic E-state index is 13.9. The van der Waals surface area contributed by atoms with E-state index >= 15 is 0 Å². The summed E-state index contributed by atoms with van der Waals surface area (Å²) in [4.78, 5) is 1.81. The smallest absolute Gasteiger partial charge is 0.129 e. The average Bonchev–Trinajstić information content (AvgIpc) is 3.29. The van der Waals surface area contributed by atoms with E-state index in [9.17, 15) is 4.39 Å². The fourth-order valence-corrected chi connectivity index (χ4v) is 4.62. The number of alkyl halides is 1. The summed E-state index contributed by atoms with van der Waals surface area (Å²) < 4.78 is 22.5. The highest BCUT2D eigenvalue weighted by Crippen LogP contribution is 2.42. The normalized spacial score (nSPS) is 19.1. The monoisotopic (exact) mass is 491 g/mol. The minimum Gasteiger partial charge on any atom is -0.379 e. The number of rotatable bonds is 13. The first-order valence-corrected chi connectivity index (χ1v) is 12.8. The maximum absolute atomic E-state index is 13.9. The lowest BCUT2D eigenvalue weighted by Crippen LogP contribution is -2.39. The van der Waals surface area contributed by atoms with Crippen LogP contribution < -0.4 is 0 Å². The zero-order valence-corrected chi connectivity index (χ0v) is 22.9. The minimum atomic E-state index is -0.551. The average molecular weight is 492 g/mol. The number of aromatic nitrogens is 2. The second kappa shape index (κ2) is 14.5. The van der Waals surface area contributed by atoms with Gasteiger partial charge in [0.25, 0.3) is 0 Å². The summed E-state index contributed by atoms with van der Waals surface area (Å²) in [5, 5.41) is 4.67. The molecule has 0 amide bonds. The molecule has 0 spiro atoms. The van der Waals surface area contributed by atoms with Gasteiger partial charge in [0, 0.05) is 30.8 Å². The van der Waals surface area contributed by atoms with Crippen LogP contribution in [0.5, 0.6) is 0 Å². The number of ether oxygens (including phenoxy) is 1. The third-order valence-corrected chi connectivity index (χ3v) is 6.74. The lowest BCUT2D eigenvalue weighted by molar-refractivity contribution is -0.0167. The molecule has 1 aliphatic carbocycles. The molecule has 1 aromatic rings. The third kappa shape index (κ3) is 7.21. The van der Waals surface area contributed by atoms with E-state index in [2.05, 4.69) is 56.4 Å². The Hall–Kier alpha value is -3.10. The summed E-state index contributed by atoms with van der Waals surface area (Å²) in [6.07, 6.45) is 21.5. The molecule has 0 fully saturated rings. The van der Waals surface area contributed by atoms with Crippen molar-refractivity contribution in [2.75, 3.05) is 27.4 Å². The van der Waals surface area contributed by atoms with Crippen molar-refractivity contribution in [3.8, 4) is 11.8 Å². The van der Waals surface area contributed by atoms with Gasteiger partial charge in [0.2, 0.25) is 0 Å². The molecule has 4 nitrogen and oxygen atoms in total. The van der Waals surface area contributed by atoms with Crippen molar-refractivity contribution in [1.29, 1.82) is 0 Å². The molecule has 0 saturated carbocycles. The van der Waals surface area contributed by atoms with Crippen molar-refractivity contribution in [3.63, 3.8) is 0 Å². The van der Waals surface area contributed by atoms with Gasteiger partial charge in [-0.3, -0.25) is 0 Å². The van der Waals surface area contributed by atoms with Crippen molar-refractivity contribution in [2.24, 2.45) is 5.41 Å². The molecule has 0 saturated heterocycles. The number of hydrogen-bond acceptors (Lipinski definition) is 3. The number of allylic oxidation sites excluding steroid dienone is 7. The molecule has 1 heterocycles. The molecule has 1 aromatic heterocycles. The zero-order chi connectivity index (χ0) is 26.6. The Morgan fingerprint density at radius 1 is 1.36 bits per heavy atom. The van der Waals surface area contributed by atoms with Crippen LogP contribution in [0, 0.1) is 17.3 Å². The van der Waals surface area contributed by atoms with Gasteiger partial charge in [-0.1, -0.05) is 57.1 Å². The van der Waals surface area contributed by atoms with Crippen molar-refractivity contribution < 1.29 is 9.13 Å². The van der Waals surface area contributed by atoms with E-state index < -0.39 is 6.67 Å². The standard InChI is InChI=1S/C31H42FN3O/c1-8-12-14-17-25(5)35-28-19-20-31(11-4,21-27(28)23-33-35)30(16-10-3)36-24-26(18-15-13-9-2)29(22-32)34(6)7/h8,12,14-15,17-20,23,30H,1,10-11,16,21-22,24H2,2-7H3/b14-12-,18-15-,25-17+,29-26-/t30-,31?/m0/s1. The topological polar surface area (TPSA) is 30.3 Å². The molecule has 0 aliphatic heterocycles. The second-order valence-electron chi connectivity index (χ2n) is 9.31. The maximum Gasteiger partial charge on any atom is 0.129 e. The van der Waals surface area contributed by atoms with Crippen LogP contribution in [-0.4, -0.2) is 48.2 Å². The van der Waals surface area contributed by atoms with Gasteiger partial charge >= 0.3 is 0 Å². The SMILES string of the molecule is C=C/C=C\C=C(/C)n1ncc2c1C=CC(CC)([C@H](CCC)OCC(/C=C\C#CC)=C(/CF)N(C)C)C2. The van der Waals surface area contributed by atoms with Crippen LogP contribution in [0.15, 0.2) is 66.6 Å². The Morgan fingerprint density at radius 3 is 2.75 bits per heavy atom. The van der Waals surface area contributed by atoms with Crippen LogP contribution in [0.1, 0.15) is 58.2 Å². The van der Waals surface area contributed by atoms with Gasteiger partial charge in [-0.25, -0.2) is 9.07 Å². The highest BCUT2D eigenvalue weighted by Gasteiger charge is 2.39. The highest BCUT2D eigenvalue weighted by molar-refractivity contribution is 5.60. The molecule has 36 heavy (non-hydrogen) atoms. The number of hydrogen-bond donors (Lipinski definition) is 0. The summed E-state index contributed by atoms with van der Waals surface area (Å²) in [6, 6.07) is 0. The predicted molar refractivity (Wildman–Crippen MR) is 151 cm³/mol. The molecule has 2 atom stereocenters.